The van der Waals surface area contributed by atoms with E-state index in [4.69, 9.17) is 4.74 Å². The first-order chi connectivity index (χ1) is 11.6. The van der Waals surface area contributed by atoms with Crippen LogP contribution in [-0.4, -0.2) is 27.2 Å². The van der Waals surface area contributed by atoms with Crippen LogP contribution in [0.4, 0.5) is 0 Å². The summed E-state index contributed by atoms with van der Waals surface area (Å²) >= 11 is 2.19. The third kappa shape index (κ3) is 3.02. The minimum atomic E-state index is -0.854. The van der Waals surface area contributed by atoms with Crippen LogP contribution in [0.2, 0.25) is 0 Å². The first kappa shape index (κ1) is 16.9. The van der Waals surface area contributed by atoms with Crippen molar-refractivity contribution in [2.75, 3.05) is 6.61 Å². The number of ether oxygens (including phenoxy) is 1. The summed E-state index contributed by atoms with van der Waals surface area (Å²) < 4.78 is 8.07. The molecule has 3 rings (SSSR count). The molecule has 0 bridgehead atoms. The summed E-state index contributed by atoms with van der Waals surface area (Å²) in [4.78, 5) is 17.2. The fourth-order valence-electron chi connectivity index (χ4n) is 2.84. The maximum Gasteiger partial charge on any atom is 0.318 e. The van der Waals surface area contributed by atoms with Gasteiger partial charge < -0.3 is 4.74 Å². The fraction of sp³-hybridized carbons (Fsp3) is 0.278. The molecule has 2 aromatic heterocycles. The lowest BCUT2D eigenvalue weighted by atomic mass is 9.80. The number of rotatable bonds is 5. The molecule has 6 heteroatoms. The highest BCUT2D eigenvalue weighted by Crippen LogP contribution is 2.30. The van der Waals surface area contributed by atoms with Crippen LogP contribution < -0.4 is 0 Å². The highest BCUT2D eigenvalue weighted by molar-refractivity contribution is 14.1. The van der Waals surface area contributed by atoms with Crippen molar-refractivity contribution in [3.05, 3.63) is 63.6 Å². The van der Waals surface area contributed by atoms with E-state index in [1.807, 2.05) is 50.2 Å². The Morgan fingerprint density at radius 2 is 2.04 bits per heavy atom. The maximum atomic E-state index is 12.8. The van der Waals surface area contributed by atoms with E-state index in [0.717, 1.165) is 20.5 Å². The lowest BCUT2D eigenvalue weighted by molar-refractivity contribution is -0.149. The zero-order valence-electron chi connectivity index (χ0n) is 13.6. The number of carbonyl (C=O) groups excluding carboxylic acids is 1. The zero-order chi connectivity index (χ0) is 17.2. The van der Waals surface area contributed by atoms with Crippen LogP contribution in [-0.2, 0) is 21.4 Å². The number of hydrogen-bond acceptors (Lipinski definition) is 4. The van der Waals surface area contributed by atoms with Gasteiger partial charge in [-0.15, -0.1) is 0 Å². The summed E-state index contributed by atoms with van der Waals surface area (Å²) in [5.41, 5.74) is 1.74. The summed E-state index contributed by atoms with van der Waals surface area (Å²) in [6, 6.07) is 11.8. The van der Waals surface area contributed by atoms with Gasteiger partial charge >= 0.3 is 5.97 Å². The normalized spacial score (nSPS) is 13.6. The molecular formula is C18H18IN3O2. The number of halogens is 1. The van der Waals surface area contributed by atoms with Crippen LogP contribution in [0.3, 0.4) is 0 Å². The van der Waals surface area contributed by atoms with Crippen molar-refractivity contribution in [1.29, 1.82) is 0 Å². The number of fused-ring (bicyclic) bond motifs is 1. The van der Waals surface area contributed by atoms with Crippen molar-refractivity contribution >= 4 is 34.2 Å². The number of nitrogens with zero attached hydrogens (tertiary/aromatic N) is 3. The second-order valence-electron chi connectivity index (χ2n) is 5.77. The van der Waals surface area contributed by atoms with Gasteiger partial charge in [-0.05, 0) is 54.5 Å². The van der Waals surface area contributed by atoms with E-state index in [9.17, 15) is 4.79 Å². The maximum absolute atomic E-state index is 12.8. The van der Waals surface area contributed by atoms with Crippen molar-refractivity contribution in [3.8, 4) is 0 Å². The van der Waals surface area contributed by atoms with Gasteiger partial charge in [0.1, 0.15) is 5.41 Å². The molecule has 1 atom stereocenters. The molecule has 0 fully saturated rings. The molecule has 0 N–H and O–H groups in total. The van der Waals surface area contributed by atoms with Gasteiger partial charge in [-0.1, -0.05) is 30.3 Å². The quantitative estimate of drug-likeness (QED) is 0.456. The Bertz CT molecular complexity index is 863. The van der Waals surface area contributed by atoms with Crippen LogP contribution in [0.1, 0.15) is 25.1 Å². The lowest BCUT2D eigenvalue weighted by Gasteiger charge is -2.28. The molecule has 5 nitrogen and oxygen atoms in total. The molecule has 0 saturated carbocycles. The van der Waals surface area contributed by atoms with Crippen molar-refractivity contribution in [3.63, 3.8) is 0 Å². The molecular weight excluding hydrogens is 417 g/mol. The van der Waals surface area contributed by atoms with Crippen molar-refractivity contribution < 1.29 is 9.53 Å². The molecule has 0 aliphatic heterocycles. The SMILES string of the molecule is CCOC(=O)C(C)(Cc1ccccc1)c1ccnc2c(I)cnn12. The highest BCUT2D eigenvalue weighted by atomic mass is 127. The summed E-state index contributed by atoms with van der Waals surface area (Å²) in [6.45, 7) is 4.06. The Labute approximate surface area is 154 Å². The van der Waals surface area contributed by atoms with Gasteiger partial charge in [0, 0.05) is 6.20 Å². The second kappa shape index (κ2) is 6.88. The number of esters is 1. The van der Waals surface area contributed by atoms with E-state index in [1.165, 1.54) is 0 Å². The number of hydrogen-bond donors (Lipinski definition) is 0. The predicted octanol–water partition coefficient (Wildman–Crippen LogP) is 3.40. The first-order valence-electron chi connectivity index (χ1n) is 7.76. The Morgan fingerprint density at radius 3 is 2.75 bits per heavy atom. The van der Waals surface area contributed by atoms with Gasteiger partial charge in [0.05, 0.1) is 22.1 Å². The van der Waals surface area contributed by atoms with Crippen LogP contribution in [0.15, 0.2) is 48.8 Å². The van der Waals surface area contributed by atoms with Gasteiger partial charge in [0.2, 0.25) is 0 Å². The van der Waals surface area contributed by atoms with Crippen molar-refractivity contribution in [2.45, 2.75) is 25.7 Å². The van der Waals surface area contributed by atoms with E-state index < -0.39 is 5.41 Å². The first-order valence-corrected chi connectivity index (χ1v) is 8.84. The largest absolute Gasteiger partial charge is 0.465 e. The average Bonchev–Trinajstić information content (AvgIpc) is 2.97. The van der Waals surface area contributed by atoms with Crippen LogP contribution in [0.5, 0.6) is 0 Å². The minimum absolute atomic E-state index is 0.258. The summed E-state index contributed by atoms with van der Waals surface area (Å²) in [7, 11) is 0. The zero-order valence-corrected chi connectivity index (χ0v) is 15.7. The topological polar surface area (TPSA) is 56.5 Å². The average molecular weight is 435 g/mol. The van der Waals surface area contributed by atoms with Gasteiger partial charge in [-0.2, -0.15) is 5.10 Å². The van der Waals surface area contributed by atoms with Crippen molar-refractivity contribution in [2.24, 2.45) is 0 Å². The van der Waals surface area contributed by atoms with E-state index in [2.05, 4.69) is 32.7 Å². The van der Waals surface area contributed by atoms with Gasteiger partial charge in [-0.25, -0.2) is 9.50 Å². The molecule has 1 aromatic carbocycles. The lowest BCUT2D eigenvalue weighted by Crippen LogP contribution is -2.38. The minimum Gasteiger partial charge on any atom is -0.465 e. The molecule has 3 aromatic rings. The Morgan fingerprint density at radius 1 is 1.29 bits per heavy atom. The van der Waals surface area contributed by atoms with Crippen LogP contribution in [0, 0.1) is 3.57 Å². The van der Waals surface area contributed by atoms with Gasteiger partial charge in [0.25, 0.3) is 0 Å². The molecule has 0 spiro atoms. The third-order valence-corrected chi connectivity index (χ3v) is 4.81. The predicted molar refractivity (Wildman–Crippen MR) is 99.8 cm³/mol. The highest BCUT2D eigenvalue weighted by Gasteiger charge is 2.39. The Kier molecular flexibility index (Phi) is 4.84. The molecule has 124 valence electrons. The molecule has 0 aliphatic carbocycles. The smallest absolute Gasteiger partial charge is 0.318 e. The molecule has 2 heterocycles. The van der Waals surface area contributed by atoms with Gasteiger partial charge in [0.15, 0.2) is 5.65 Å². The monoisotopic (exact) mass is 435 g/mol. The molecule has 0 aliphatic rings. The summed E-state index contributed by atoms with van der Waals surface area (Å²) in [5.74, 6) is -0.258. The van der Waals surface area contributed by atoms with Crippen LogP contribution >= 0.6 is 22.6 Å². The molecule has 0 amide bonds. The summed E-state index contributed by atoms with van der Waals surface area (Å²) in [5, 5.41) is 4.41. The van der Waals surface area contributed by atoms with Gasteiger partial charge in [-0.3, -0.25) is 4.79 Å². The molecule has 24 heavy (non-hydrogen) atoms. The fourth-order valence-corrected chi connectivity index (χ4v) is 3.34. The van der Waals surface area contributed by atoms with E-state index in [0.29, 0.717) is 13.0 Å². The van der Waals surface area contributed by atoms with Crippen LogP contribution in [0.25, 0.3) is 5.65 Å². The third-order valence-electron chi connectivity index (χ3n) is 4.05. The molecule has 0 radical (unpaired) electrons. The second-order valence-corrected chi connectivity index (χ2v) is 6.94. The number of carbonyl (C=O) groups is 1. The standard InChI is InChI=1S/C18H18IN3O2/c1-3-24-17(23)18(2,11-13-7-5-4-6-8-13)15-9-10-20-16-14(19)12-21-22(15)16/h4-10,12H,3,11H2,1-2H3. The molecule has 0 saturated heterocycles. The Hall–Kier alpha value is -1.96. The van der Waals surface area contributed by atoms with E-state index in [-0.39, 0.29) is 5.97 Å². The van der Waals surface area contributed by atoms with E-state index in [1.54, 1.807) is 16.9 Å². The molecule has 1 unspecified atom stereocenters. The summed E-state index contributed by atoms with van der Waals surface area (Å²) in [6.07, 6.45) is 4.00. The van der Waals surface area contributed by atoms with Crippen molar-refractivity contribution in [1.82, 2.24) is 14.6 Å². The van der Waals surface area contributed by atoms with E-state index >= 15 is 0 Å². The Balaban J connectivity index is 2.14. The number of benzene rings is 1. The number of aromatic nitrogens is 3.